The van der Waals surface area contributed by atoms with Crippen LogP contribution in [0.3, 0.4) is 0 Å². The summed E-state index contributed by atoms with van der Waals surface area (Å²) in [5.41, 5.74) is 1.89. The average Bonchev–Trinajstić information content (AvgIpc) is 2.91. The molecule has 0 fully saturated rings. The topological polar surface area (TPSA) is 64.9 Å². The number of hydrogen-bond donors (Lipinski definition) is 1. The Hall–Kier alpha value is -2.63. The second kappa shape index (κ2) is 5.16. The summed E-state index contributed by atoms with van der Waals surface area (Å²) in [6.45, 7) is 2.77. The summed E-state index contributed by atoms with van der Waals surface area (Å²) in [4.78, 5) is 12.9. The van der Waals surface area contributed by atoms with Gasteiger partial charge >= 0.3 is 0 Å². The zero-order chi connectivity index (χ0) is 13.9. The van der Waals surface area contributed by atoms with E-state index in [-0.39, 0.29) is 0 Å². The van der Waals surface area contributed by atoms with E-state index < -0.39 is 0 Å². The molecule has 6 heteroatoms. The normalized spacial score (nSPS) is 10.7. The van der Waals surface area contributed by atoms with Gasteiger partial charge < -0.3 is 10.1 Å². The Balaban J connectivity index is 2.21. The Morgan fingerprint density at radius 2 is 2.05 bits per heavy atom. The van der Waals surface area contributed by atoms with E-state index in [1.807, 2.05) is 35.8 Å². The minimum absolute atomic E-state index is 0.609. The summed E-state index contributed by atoms with van der Waals surface area (Å²) in [6.07, 6.45) is 3.26. The van der Waals surface area contributed by atoms with Gasteiger partial charge in [0.2, 0.25) is 5.75 Å². The maximum atomic E-state index is 5.47. The molecule has 0 atom stereocenters. The first-order chi connectivity index (χ1) is 9.85. The molecule has 102 valence electrons. The highest BCUT2D eigenvalue weighted by atomic mass is 16.5. The molecular formula is C14H15N5O. The highest BCUT2D eigenvalue weighted by Crippen LogP contribution is 2.29. The van der Waals surface area contributed by atoms with Crippen molar-refractivity contribution in [3.8, 4) is 11.6 Å². The molecule has 0 spiro atoms. The van der Waals surface area contributed by atoms with Gasteiger partial charge in [-0.2, -0.15) is 0 Å². The Bertz CT molecular complexity index is 737. The molecule has 6 nitrogen and oxygen atoms in total. The summed E-state index contributed by atoms with van der Waals surface area (Å²) < 4.78 is 7.37. The minimum atomic E-state index is 0.609. The van der Waals surface area contributed by atoms with Gasteiger partial charge in [0, 0.05) is 6.54 Å². The third-order valence-corrected chi connectivity index (χ3v) is 3.02. The third-order valence-electron chi connectivity index (χ3n) is 3.02. The third kappa shape index (κ3) is 1.95. The van der Waals surface area contributed by atoms with Gasteiger partial charge in [0.25, 0.3) is 0 Å². The highest BCUT2D eigenvalue weighted by molar-refractivity contribution is 5.78. The van der Waals surface area contributed by atoms with Crippen LogP contribution in [-0.2, 0) is 0 Å². The molecule has 1 N–H and O–H groups in total. The predicted octanol–water partition coefficient (Wildman–Crippen LogP) is 2.26. The van der Waals surface area contributed by atoms with Gasteiger partial charge in [-0.15, -0.1) is 0 Å². The number of para-hydroxylation sites is 2. The molecule has 3 rings (SSSR count). The van der Waals surface area contributed by atoms with Crippen molar-refractivity contribution in [1.29, 1.82) is 0 Å². The number of nitrogens with one attached hydrogen (secondary N) is 1. The van der Waals surface area contributed by atoms with Gasteiger partial charge in [-0.3, -0.25) is 4.57 Å². The number of anilines is 1. The van der Waals surface area contributed by atoms with Crippen LogP contribution in [0.15, 0.2) is 36.9 Å². The van der Waals surface area contributed by atoms with Crippen LogP contribution in [0.1, 0.15) is 6.92 Å². The van der Waals surface area contributed by atoms with Crippen molar-refractivity contribution in [3.63, 3.8) is 0 Å². The lowest BCUT2D eigenvalue weighted by molar-refractivity contribution is 0.410. The minimum Gasteiger partial charge on any atom is -0.490 e. The average molecular weight is 269 g/mol. The molecule has 0 unspecified atom stereocenters. The first-order valence-corrected chi connectivity index (χ1v) is 6.40. The fourth-order valence-electron chi connectivity index (χ4n) is 2.15. The lowest BCUT2D eigenvalue weighted by atomic mass is 10.3. The van der Waals surface area contributed by atoms with E-state index in [9.17, 15) is 0 Å². The van der Waals surface area contributed by atoms with Crippen LogP contribution in [-0.4, -0.2) is 33.2 Å². The Morgan fingerprint density at radius 1 is 1.20 bits per heavy atom. The number of ether oxygens (including phenoxy) is 1. The van der Waals surface area contributed by atoms with Crippen LogP contribution in [0, 0.1) is 0 Å². The van der Waals surface area contributed by atoms with Crippen LogP contribution in [0.4, 0.5) is 5.82 Å². The smallest absolute Gasteiger partial charge is 0.205 e. The number of fused-ring (bicyclic) bond motifs is 1. The second-order valence-electron chi connectivity index (χ2n) is 4.21. The van der Waals surface area contributed by atoms with E-state index in [0.29, 0.717) is 17.4 Å². The molecule has 0 aliphatic rings. The van der Waals surface area contributed by atoms with E-state index >= 15 is 0 Å². The van der Waals surface area contributed by atoms with Crippen LogP contribution < -0.4 is 10.1 Å². The van der Waals surface area contributed by atoms with Crippen LogP contribution >= 0.6 is 0 Å². The zero-order valence-electron chi connectivity index (χ0n) is 11.4. The fourth-order valence-corrected chi connectivity index (χ4v) is 2.15. The van der Waals surface area contributed by atoms with E-state index in [1.165, 1.54) is 6.33 Å². The van der Waals surface area contributed by atoms with Gasteiger partial charge in [-0.25, -0.2) is 15.0 Å². The van der Waals surface area contributed by atoms with Crippen molar-refractivity contribution < 1.29 is 4.74 Å². The first-order valence-electron chi connectivity index (χ1n) is 6.40. The molecule has 0 radical (unpaired) electrons. The van der Waals surface area contributed by atoms with Crippen molar-refractivity contribution >= 4 is 16.9 Å². The summed E-state index contributed by atoms with van der Waals surface area (Å²) in [5, 5.41) is 3.17. The number of rotatable bonds is 4. The zero-order valence-corrected chi connectivity index (χ0v) is 11.4. The molecule has 2 aromatic heterocycles. The van der Waals surface area contributed by atoms with Crippen LogP contribution in [0.25, 0.3) is 16.9 Å². The summed E-state index contributed by atoms with van der Waals surface area (Å²) in [5.74, 6) is 1.96. The monoisotopic (exact) mass is 269 g/mol. The number of benzene rings is 1. The maximum Gasteiger partial charge on any atom is 0.205 e. The van der Waals surface area contributed by atoms with E-state index in [0.717, 1.165) is 17.6 Å². The first kappa shape index (κ1) is 12.4. The number of imidazole rings is 1. The highest BCUT2D eigenvalue weighted by Gasteiger charge is 2.15. The molecule has 0 amide bonds. The van der Waals surface area contributed by atoms with Crippen molar-refractivity contribution in [2.75, 3.05) is 19.0 Å². The van der Waals surface area contributed by atoms with Crippen molar-refractivity contribution in [2.45, 2.75) is 6.92 Å². The van der Waals surface area contributed by atoms with Gasteiger partial charge in [0.05, 0.1) is 18.1 Å². The summed E-state index contributed by atoms with van der Waals surface area (Å²) in [7, 11) is 1.61. The Morgan fingerprint density at radius 3 is 2.85 bits per heavy atom. The van der Waals surface area contributed by atoms with Gasteiger partial charge in [-0.05, 0) is 19.1 Å². The predicted molar refractivity (Wildman–Crippen MR) is 77.4 cm³/mol. The number of methoxy groups -OCH3 is 1. The lowest BCUT2D eigenvalue weighted by Crippen LogP contribution is -2.07. The second-order valence-corrected chi connectivity index (χ2v) is 4.21. The molecule has 0 saturated carbocycles. The molecule has 20 heavy (non-hydrogen) atoms. The van der Waals surface area contributed by atoms with E-state index in [1.54, 1.807) is 13.4 Å². The standard InChI is InChI=1S/C14H15N5O/c1-3-15-13-12(20-2)14(17-8-16-13)19-9-18-10-6-4-5-7-11(10)19/h4-9H,3H2,1-2H3,(H,15,16,17). The Kier molecular flexibility index (Phi) is 3.20. The van der Waals surface area contributed by atoms with Crippen molar-refractivity contribution in [1.82, 2.24) is 19.5 Å². The van der Waals surface area contributed by atoms with E-state index in [4.69, 9.17) is 4.74 Å². The number of hydrogen-bond acceptors (Lipinski definition) is 5. The largest absolute Gasteiger partial charge is 0.490 e. The summed E-state index contributed by atoms with van der Waals surface area (Å²) in [6, 6.07) is 7.89. The molecule has 0 aliphatic heterocycles. The molecule has 0 bridgehead atoms. The van der Waals surface area contributed by atoms with Crippen LogP contribution in [0.2, 0.25) is 0 Å². The molecule has 1 aromatic carbocycles. The Labute approximate surface area is 116 Å². The van der Waals surface area contributed by atoms with Gasteiger partial charge in [0.15, 0.2) is 11.6 Å². The molecule has 2 heterocycles. The fraction of sp³-hybridized carbons (Fsp3) is 0.214. The molecule has 0 aliphatic carbocycles. The van der Waals surface area contributed by atoms with Gasteiger partial charge in [-0.1, -0.05) is 12.1 Å². The summed E-state index contributed by atoms with van der Waals surface area (Å²) >= 11 is 0. The van der Waals surface area contributed by atoms with E-state index in [2.05, 4.69) is 20.3 Å². The van der Waals surface area contributed by atoms with Crippen molar-refractivity contribution in [2.24, 2.45) is 0 Å². The number of aromatic nitrogens is 4. The maximum absolute atomic E-state index is 5.47. The molecule has 3 aromatic rings. The number of nitrogens with zero attached hydrogens (tertiary/aromatic N) is 4. The van der Waals surface area contributed by atoms with Crippen LogP contribution in [0.5, 0.6) is 5.75 Å². The van der Waals surface area contributed by atoms with Gasteiger partial charge in [0.1, 0.15) is 12.7 Å². The quantitative estimate of drug-likeness (QED) is 0.787. The SMILES string of the molecule is CCNc1ncnc(-n2cnc3ccccc32)c1OC. The lowest BCUT2D eigenvalue weighted by Gasteiger charge is -2.12. The molecular weight excluding hydrogens is 254 g/mol. The van der Waals surface area contributed by atoms with Crippen molar-refractivity contribution in [3.05, 3.63) is 36.9 Å². The molecule has 0 saturated heterocycles.